The third kappa shape index (κ3) is 14.8. The molecule has 8 heterocycles. The van der Waals surface area contributed by atoms with Gasteiger partial charge in [-0.25, -0.2) is 43.5 Å². The SMILES string of the molecule is Cc1cc(Nc2nccn3c(-c4ccc(Oc5ccccn5)c(F)c4F)cnc23)ccc1C(=O)N1CCC(CN(C(=O)O)C(C)(C)C)CC1.Cc1cc(Nc2nccn3c(-c4ccc(Oc5ccccn5)c(F)c4F)cnc23)ccc1C(=O)N1CCC(CN)CC1.O=CO. The van der Waals surface area contributed by atoms with Crippen LogP contribution in [0.15, 0.2) is 147 Å². The molecule has 10 aromatic rings. The van der Waals surface area contributed by atoms with Gasteiger partial charge in [-0.2, -0.15) is 8.78 Å². The summed E-state index contributed by atoms with van der Waals surface area (Å²) in [4.78, 5) is 77.6. The number of imidazole rings is 2. The lowest BCUT2D eigenvalue weighted by Gasteiger charge is -2.39. The largest absolute Gasteiger partial charge is 0.483 e. The van der Waals surface area contributed by atoms with Crippen molar-refractivity contribution < 1.29 is 56.4 Å². The number of piperidine rings is 2. The van der Waals surface area contributed by atoms with Crippen LogP contribution in [-0.4, -0.2) is 133 Å². The number of pyridine rings is 2. The number of hydrogen-bond acceptors (Lipinski definition) is 15. The number of halogens is 4. The monoisotopic (exact) mass is 1280 g/mol. The van der Waals surface area contributed by atoms with Crippen LogP contribution >= 0.6 is 0 Å². The Hall–Kier alpha value is -11.0. The summed E-state index contributed by atoms with van der Waals surface area (Å²) in [5, 5.41) is 23.0. The van der Waals surface area contributed by atoms with Gasteiger partial charge in [0.2, 0.25) is 23.4 Å². The summed E-state index contributed by atoms with van der Waals surface area (Å²) in [5.74, 6) is -3.30. The fourth-order valence-electron chi connectivity index (χ4n) is 11.2. The highest BCUT2D eigenvalue weighted by atomic mass is 19.2. The number of nitrogens with zero attached hydrogens (tertiary/aromatic N) is 11. The highest BCUT2D eigenvalue weighted by Gasteiger charge is 2.32. The van der Waals surface area contributed by atoms with Crippen molar-refractivity contribution in [3.05, 3.63) is 192 Å². The number of carbonyl (C=O) groups is 4. The number of carbonyl (C=O) groups excluding carboxylic acids is 2. The molecule has 94 heavy (non-hydrogen) atoms. The van der Waals surface area contributed by atoms with Crippen LogP contribution in [0.1, 0.15) is 78.3 Å². The average Bonchev–Trinajstić information content (AvgIpc) is 1.59. The van der Waals surface area contributed by atoms with Gasteiger partial charge >= 0.3 is 6.09 Å². The lowest BCUT2D eigenvalue weighted by Crippen LogP contribution is -2.49. The first-order chi connectivity index (χ1) is 45.2. The van der Waals surface area contributed by atoms with Gasteiger partial charge in [0.15, 0.2) is 46.1 Å². The topological polar surface area (TPSA) is 273 Å². The van der Waals surface area contributed by atoms with E-state index in [1.54, 1.807) is 82.0 Å². The Morgan fingerprint density at radius 1 is 0.606 bits per heavy atom. The number of hydrogen-bond donors (Lipinski definition) is 5. The summed E-state index contributed by atoms with van der Waals surface area (Å²) < 4.78 is 74.7. The summed E-state index contributed by atoms with van der Waals surface area (Å²) in [7, 11) is 0. The van der Waals surface area contributed by atoms with Gasteiger partial charge in [0.05, 0.1) is 23.8 Å². The van der Waals surface area contributed by atoms with Crippen LogP contribution in [0.2, 0.25) is 0 Å². The summed E-state index contributed by atoms with van der Waals surface area (Å²) in [6.07, 6.45) is 14.6. The molecule has 12 rings (SSSR count). The Morgan fingerprint density at radius 3 is 1.40 bits per heavy atom. The Balaban J connectivity index is 0.000000199. The predicted octanol–water partition coefficient (Wildman–Crippen LogP) is 13.0. The first-order valence-electron chi connectivity index (χ1n) is 30.2. The van der Waals surface area contributed by atoms with Crippen LogP contribution in [0.3, 0.4) is 0 Å². The molecule has 22 nitrogen and oxygen atoms in total. The maximum Gasteiger partial charge on any atom is 0.407 e. The molecule has 0 aliphatic carbocycles. The van der Waals surface area contributed by atoms with E-state index in [9.17, 15) is 23.9 Å². The molecule has 2 saturated heterocycles. The minimum atomic E-state index is -1.15. The first kappa shape index (κ1) is 65.9. The second kappa shape index (κ2) is 29.1. The molecule has 26 heteroatoms. The van der Waals surface area contributed by atoms with E-state index in [-0.39, 0.29) is 58.6 Å². The number of benzene rings is 4. The number of fused-ring (bicyclic) bond motifs is 2. The van der Waals surface area contributed by atoms with E-state index in [4.69, 9.17) is 25.1 Å². The number of aromatic nitrogens is 8. The molecule has 4 aromatic carbocycles. The highest BCUT2D eigenvalue weighted by molar-refractivity contribution is 5.97. The smallest absolute Gasteiger partial charge is 0.407 e. The van der Waals surface area contributed by atoms with Gasteiger partial charge in [0.25, 0.3) is 18.3 Å². The minimum Gasteiger partial charge on any atom is -0.483 e. The van der Waals surface area contributed by atoms with Crippen LogP contribution in [0.5, 0.6) is 23.3 Å². The van der Waals surface area contributed by atoms with Gasteiger partial charge in [-0.3, -0.25) is 23.2 Å². The van der Waals surface area contributed by atoms with E-state index in [2.05, 4.69) is 40.5 Å². The number of nitrogens with one attached hydrogen (secondary N) is 2. The molecule has 486 valence electrons. The Morgan fingerprint density at radius 2 is 1.03 bits per heavy atom. The van der Waals surface area contributed by atoms with Crippen molar-refractivity contribution in [2.45, 2.75) is 65.8 Å². The summed E-state index contributed by atoms with van der Waals surface area (Å²) in [6.45, 7) is 12.8. The number of likely N-dealkylation sites (tertiary alicyclic amines) is 2. The highest BCUT2D eigenvalue weighted by Crippen LogP contribution is 2.36. The minimum absolute atomic E-state index is 0.00771. The number of rotatable bonds is 15. The second-order valence-electron chi connectivity index (χ2n) is 23.4. The first-order valence-corrected chi connectivity index (χ1v) is 30.2. The van der Waals surface area contributed by atoms with Crippen molar-refractivity contribution in [2.75, 3.05) is 49.9 Å². The maximum atomic E-state index is 15.3. The Kier molecular flexibility index (Phi) is 20.4. The maximum absolute atomic E-state index is 15.3. The van der Waals surface area contributed by atoms with E-state index in [1.165, 1.54) is 60.1 Å². The van der Waals surface area contributed by atoms with Crippen molar-refractivity contribution in [1.82, 2.24) is 53.4 Å². The quantitative estimate of drug-likeness (QED) is 0.0471. The number of carboxylic acid groups (broad SMARTS) is 2. The molecule has 2 fully saturated rings. The van der Waals surface area contributed by atoms with E-state index in [0.717, 1.165) is 36.8 Å². The zero-order chi connectivity index (χ0) is 66.8. The van der Waals surface area contributed by atoms with Crippen LogP contribution in [-0.2, 0) is 4.79 Å². The van der Waals surface area contributed by atoms with Gasteiger partial charge in [0.1, 0.15) is 0 Å². The molecule has 0 saturated carbocycles. The Labute approximate surface area is 537 Å². The molecule has 0 unspecified atom stereocenters. The molecule has 0 spiro atoms. The molecule has 0 atom stereocenters. The summed E-state index contributed by atoms with van der Waals surface area (Å²) in [5.41, 5.74) is 11.0. The fourth-order valence-corrected chi connectivity index (χ4v) is 11.2. The van der Waals surface area contributed by atoms with E-state index < -0.39 is 34.9 Å². The van der Waals surface area contributed by atoms with Gasteiger partial charge in [-0.1, -0.05) is 12.1 Å². The number of amides is 3. The number of nitrogens with two attached hydrogens (primary N) is 1. The van der Waals surface area contributed by atoms with Gasteiger partial charge in [0, 0.05) is 121 Å². The van der Waals surface area contributed by atoms with Gasteiger partial charge < -0.3 is 50.8 Å². The van der Waals surface area contributed by atoms with E-state index in [0.29, 0.717) is 102 Å². The van der Waals surface area contributed by atoms with E-state index in [1.807, 2.05) is 62.6 Å². The van der Waals surface area contributed by atoms with Crippen molar-refractivity contribution in [3.63, 3.8) is 0 Å². The van der Waals surface area contributed by atoms with Crippen molar-refractivity contribution in [2.24, 2.45) is 17.6 Å². The predicted molar refractivity (Wildman–Crippen MR) is 344 cm³/mol. The second-order valence-corrected chi connectivity index (χ2v) is 23.4. The average molecular weight is 1290 g/mol. The zero-order valence-electron chi connectivity index (χ0n) is 52.0. The lowest BCUT2D eigenvalue weighted by atomic mass is 9.93. The molecule has 2 aliphatic rings. The van der Waals surface area contributed by atoms with Crippen LogP contribution in [0, 0.1) is 49.0 Å². The van der Waals surface area contributed by atoms with Crippen molar-refractivity contribution >= 4 is 58.7 Å². The summed E-state index contributed by atoms with van der Waals surface area (Å²) in [6, 6.07) is 26.3. The standard InChI is InChI=1S/C36H37F2N7O4.C31H29F2N7O2.CH2O2/c1-22-19-24(8-9-25(22)34(46)43-16-12-23(13-17-43)21-45(35(47)48)36(2,3)4)42-32-33-41-20-27(44(33)18-15-40-32)26-10-11-28(31(38)30(26)37)49-29-7-5-6-14-39-29;1-19-16-21(5-6-22(19)31(41)39-13-9-20(17-34)10-14-39)38-29-30-37-18-24(40(30)15-12-36-29)23-7-8-25(28(33)27(23)32)42-26-4-2-3-11-35-26;2-1-3/h5-11,14-15,18-20,23H,12-13,16-17,21H2,1-4H3,(H,40,42)(H,47,48);2-8,11-12,15-16,18,20H,9-10,13-14,17,34H2,1H3,(H,36,38);1H,(H,2,3). The lowest BCUT2D eigenvalue weighted by molar-refractivity contribution is -0.122. The zero-order valence-corrected chi connectivity index (χ0v) is 52.0. The fraction of sp³-hybridized carbons (Fsp3) is 0.265. The number of ether oxygens (including phenoxy) is 2. The molecule has 0 radical (unpaired) electrons. The van der Waals surface area contributed by atoms with Crippen molar-refractivity contribution in [1.29, 1.82) is 0 Å². The van der Waals surface area contributed by atoms with Gasteiger partial charge in [-0.15, -0.1) is 0 Å². The third-order valence-corrected chi connectivity index (χ3v) is 16.3. The molecule has 0 bridgehead atoms. The van der Waals surface area contributed by atoms with Crippen LogP contribution < -0.4 is 25.8 Å². The molecular formula is C68H68F4N14O8. The molecule has 3 amide bonds. The summed E-state index contributed by atoms with van der Waals surface area (Å²) >= 11 is 0. The number of anilines is 4. The molecule has 6 N–H and O–H groups in total. The normalized spacial score (nSPS) is 13.5. The Bertz CT molecular complexity index is 4370. The molecule has 2 aliphatic heterocycles. The molecular weight excluding hydrogens is 1220 g/mol. The van der Waals surface area contributed by atoms with Crippen molar-refractivity contribution in [3.8, 4) is 45.8 Å². The number of aryl methyl sites for hydroxylation is 2. The third-order valence-electron chi connectivity index (χ3n) is 16.3. The van der Waals surface area contributed by atoms with Crippen LogP contribution in [0.25, 0.3) is 33.8 Å². The molecule has 6 aromatic heterocycles. The van der Waals surface area contributed by atoms with Gasteiger partial charge in [-0.05, 0) is 163 Å². The van der Waals surface area contributed by atoms with Crippen LogP contribution in [0.4, 0.5) is 45.4 Å². The van der Waals surface area contributed by atoms with E-state index >= 15 is 13.2 Å².